The van der Waals surface area contributed by atoms with Gasteiger partial charge < -0.3 is 70.1 Å². The zero-order valence-corrected chi connectivity index (χ0v) is 18.7. The van der Waals surface area contributed by atoms with Gasteiger partial charge in [-0.05, 0) is 33.1 Å². The van der Waals surface area contributed by atoms with Crippen molar-refractivity contribution in [1.82, 2.24) is 9.80 Å². The van der Waals surface area contributed by atoms with Gasteiger partial charge in [-0.15, -0.1) is 0 Å². The Hall–Kier alpha value is -0.880. The molecule has 1 rings (SSSR count). The van der Waals surface area contributed by atoms with Gasteiger partial charge in [-0.2, -0.15) is 0 Å². The molecule has 14 nitrogen and oxygen atoms in total. The van der Waals surface area contributed by atoms with E-state index in [0.29, 0.717) is 6.17 Å². The molecular formula is C13H38B4N2O12. The van der Waals surface area contributed by atoms with Crippen molar-refractivity contribution in [2.24, 2.45) is 0 Å². The van der Waals surface area contributed by atoms with Crippen LogP contribution in [0.4, 0.5) is 0 Å². The maximum atomic E-state index is 7.17. The highest BCUT2D eigenvalue weighted by atomic mass is 16.5. The maximum Gasteiger partial charge on any atom is 0.631 e. The third kappa shape index (κ3) is 29.1. The molecule has 1 heterocycles. The smallest absolute Gasteiger partial charge is 0.402 e. The third-order valence-electron chi connectivity index (χ3n) is 3.56. The Balaban J connectivity index is -0.000000187. The molecular weight excluding hydrogens is 419 g/mol. The summed E-state index contributed by atoms with van der Waals surface area (Å²) in [7, 11) is -6.44. The molecule has 0 bridgehead atoms. The summed E-state index contributed by atoms with van der Waals surface area (Å²) in [6.45, 7) is 10.2. The monoisotopic (exact) mass is 458 g/mol. The predicted molar refractivity (Wildman–Crippen MR) is 116 cm³/mol. The van der Waals surface area contributed by atoms with E-state index in [4.69, 9.17) is 60.3 Å². The van der Waals surface area contributed by atoms with Crippen LogP contribution in [0.3, 0.4) is 0 Å². The molecule has 1 atom stereocenters. The fourth-order valence-corrected chi connectivity index (χ4v) is 2.57. The van der Waals surface area contributed by atoms with E-state index >= 15 is 0 Å². The molecule has 12 N–H and O–H groups in total. The minimum Gasteiger partial charge on any atom is -0.402 e. The standard InChI is InChI=1S/C13H26N2.4BH3O3/c1-6-9-10-13-12(7-2)14(5)11(4)15(13)8-3;4*2-1(3)4/h11H,6-10H2,1-5H3;4*2-4H. The first kappa shape index (κ1) is 37.4. The molecule has 0 spiro atoms. The van der Waals surface area contributed by atoms with Gasteiger partial charge in [0, 0.05) is 25.0 Å². The summed E-state index contributed by atoms with van der Waals surface area (Å²) < 4.78 is 0. The van der Waals surface area contributed by atoms with Gasteiger partial charge in [0.25, 0.3) is 0 Å². The second kappa shape index (κ2) is 23.8. The number of unbranched alkanes of at least 4 members (excludes halogenated alkanes) is 1. The summed E-state index contributed by atoms with van der Waals surface area (Å²) in [6, 6.07) is 0. The van der Waals surface area contributed by atoms with Crippen molar-refractivity contribution in [2.75, 3.05) is 13.6 Å². The van der Waals surface area contributed by atoms with Crippen LogP contribution in [-0.2, 0) is 0 Å². The van der Waals surface area contributed by atoms with Crippen molar-refractivity contribution in [3.05, 3.63) is 11.4 Å². The first-order valence-corrected chi connectivity index (χ1v) is 9.48. The third-order valence-corrected chi connectivity index (χ3v) is 3.56. The fraction of sp³-hybridized carbons (Fsp3) is 0.846. The van der Waals surface area contributed by atoms with Crippen LogP contribution in [0.5, 0.6) is 0 Å². The molecule has 0 aromatic rings. The Morgan fingerprint density at radius 3 is 1.23 bits per heavy atom. The van der Waals surface area contributed by atoms with Gasteiger partial charge in [0.2, 0.25) is 0 Å². The Kier molecular flexibility index (Phi) is 28.7. The zero-order valence-electron chi connectivity index (χ0n) is 18.7. The number of allylic oxidation sites excluding steroid dienone is 2. The van der Waals surface area contributed by atoms with E-state index in [-0.39, 0.29) is 0 Å². The van der Waals surface area contributed by atoms with Gasteiger partial charge in [-0.3, -0.25) is 0 Å². The molecule has 184 valence electrons. The molecule has 0 fully saturated rings. The molecule has 31 heavy (non-hydrogen) atoms. The van der Waals surface area contributed by atoms with Crippen LogP contribution in [0.15, 0.2) is 11.4 Å². The second-order valence-electron chi connectivity index (χ2n) is 5.76. The first-order valence-electron chi connectivity index (χ1n) is 9.48. The second-order valence-corrected chi connectivity index (χ2v) is 5.76. The lowest BCUT2D eigenvalue weighted by atomic mass is 10.1. The number of nitrogens with zero attached hydrogens (tertiary/aromatic N) is 2. The van der Waals surface area contributed by atoms with Crippen LogP contribution in [0.1, 0.15) is 53.4 Å². The van der Waals surface area contributed by atoms with Crippen LogP contribution in [-0.4, -0.2) is 119 Å². The van der Waals surface area contributed by atoms with Crippen molar-refractivity contribution in [1.29, 1.82) is 0 Å². The molecule has 18 heteroatoms. The van der Waals surface area contributed by atoms with E-state index in [2.05, 4.69) is 44.5 Å². The Bertz CT molecular complexity index is 387. The van der Waals surface area contributed by atoms with Crippen molar-refractivity contribution in [3.63, 3.8) is 0 Å². The highest BCUT2D eigenvalue weighted by molar-refractivity contribution is 6.31. The molecule has 0 aromatic carbocycles. The van der Waals surface area contributed by atoms with E-state index in [0.717, 1.165) is 13.0 Å². The van der Waals surface area contributed by atoms with Crippen LogP contribution < -0.4 is 0 Å². The summed E-state index contributed by atoms with van der Waals surface area (Å²) in [5.41, 5.74) is 3.15. The molecule has 0 saturated carbocycles. The average Bonchev–Trinajstić information content (AvgIpc) is 2.80. The lowest BCUT2D eigenvalue weighted by Crippen LogP contribution is -2.35. The lowest BCUT2D eigenvalue weighted by Gasteiger charge is -2.29. The summed E-state index contributed by atoms with van der Waals surface area (Å²) >= 11 is 0. The summed E-state index contributed by atoms with van der Waals surface area (Å²) in [5.74, 6) is 0. The molecule has 0 amide bonds. The van der Waals surface area contributed by atoms with Gasteiger partial charge in [0.15, 0.2) is 0 Å². The summed E-state index contributed by atoms with van der Waals surface area (Å²) in [4.78, 5) is 4.99. The van der Waals surface area contributed by atoms with Gasteiger partial charge >= 0.3 is 29.3 Å². The minimum absolute atomic E-state index is 0.553. The maximum absolute atomic E-state index is 7.17. The van der Waals surface area contributed by atoms with E-state index in [1.807, 2.05) is 0 Å². The summed E-state index contributed by atoms with van der Waals surface area (Å²) in [5, 5.41) is 86.0. The molecule has 0 radical (unpaired) electrons. The van der Waals surface area contributed by atoms with Crippen LogP contribution in [0.25, 0.3) is 0 Å². The van der Waals surface area contributed by atoms with Gasteiger partial charge in [0.05, 0.1) is 6.17 Å². The highest BCUT2D eigenvalue weighted by Gasteiger charge is 2.29. The topological polar surface area (TPSA) is 249 Å². The SMILES string of the molecule is CCCCC1=C(CC)N(C)C(C)N1CC.OB(O)O.OB(O)O.OB(O)O.OB(O)O. The molecule has 1 aliphatic rings. The fourth-order valence-electron chi connectivity index (χ4n) is 2.57. The zero-order chi connectivity index (χ0) is 25.7. The number of hydrogen-bond donors (Lipinski definition) is 12. The van der Waals surface area contributed by atoms with E-state index in [1.54, 1.807) is 11.4 Å². The van der Waals surface area contributed by atoms with E-state index in [9.17, 15) is 0 Å². The predicted octanol–water partition coefficient (Wildman–Crippen LogP) is -4.80. The normalized spacial score (nSPS) is 14.0. The molecule has 0 aromatic heterocycles. The van der Waals surface area contributed by atoms with Crippen molar-refractivity contribution < 1.29 is 60.3 Å². The van der Waals surface area contributed by atoms with Crippen molar-refractivity contribution in [2.45, 2.75) is 59.5 Å². The highest BCUT2D eigenvalue weighted by Crippen LogP contribution is 2.32. The Labute approximate surface area is 184 Å². The molecule has 0 aliphatic carbocycles. The van der Waals surface area contributed by atoms with E-state index < -0.39 is 29.3 Å². The van der Waals surface area contributed by atoms with Gasteiger partial charge in [-0.1, -0.05) is 20.3 Å². The average molecular weight is 458 g/mol. The molecule has 0 saturated heterocycles. The largest absolute Gasteiger partial charge is 0.631 e. The van der Waals surface area contributed by atoms with E-state index in [1.165, 1.54) is 19.3 Å². The number of hydrogen-bond acceptors (Lipinski definition) is 14. The van der Waals surface area contributed by atoms with Crippen LogP contribution >= 0.6 is 0 Å². The number of rotatable bonds is 5. The van der Waals surface area contributed by atoms with Crippen molar-refractivity contribution >= 4 is 29.3 Å². The van der Waals surface area contributed by atoms with Gasteiger partial charge in [-0.25, -0.2) is 0 Å². The molecule has 1 aliphatic heterocycles. The Morgan fingerprint density at radius 1 is 0.677 bits per heavy atom. The van der Waals surface area contributed by atoms with Crippen LogP contribution in [0, 0.1) is 0 Å². The quantitative estimate of drug-likeness (QED) is 0.173. The minimum atomic E-state index is -2.17. The van der Waals surface area contributed by atoms with Crippen LogP contribution in [0.2, 0.25) is 0 Å². The lowest BCUT2D eigenvalue weighted by molar-refractivity contribution is 0.181. The first-order chi connectivity index (χ1) is 14.1. The van der Waals surface area contributed by atoms with Crippen molar-refractivity contribution in [3.8, 4) is 0 Å². The summed E-state index contributed by atoms with van der Waals surface area (Å²) in [6.07, 6.45) is 5.57. The molecule has 1 unspecified atom stereocenters. The van der Waals surface area contributed by atoms with Gasteiger partial charge in [0.1, 0.15) is 0 Å². The Morgan fingerprint density at radius 2 is 1.00 bits per heavy atom.